The number of carbonyl (C=O) groups is 4. The molecule has 0 radical (unpaired) electrons. The predicted molar refractivity (Wildman–Crippen MR) is 269 cm³/mol. The van der Waals surface area contributed by atoms with Gasteiger partial charge in [0.1, 0.15) is 36.9 Å². The molecule has 2 aliphatic heterocycles. The zero-order valence-corrected chi connectivity index (χ0v) is 40.8. The average molecular weight is 1010 g/mol. The predicted octanol–water partition coefficient (Wildman–Crippen LogP) is 10.6. The van der Waals surface area contributed by atoms with Gasteiger partial charge in [0.25, 0.3) is 11.8 Å². The molecule has 6 aromatic carbocycles. The molecule has 0 aromatic heterocycles. The normalized spacial score (nSPS) is 20.3. The maximum atomic E-state index is 17.7. The van der Waals surface area contributed by atoms with Crippen LogP contribution in [0.25, 0.3) is 0 Å². The monoisotopic (exact) mass is 1000 g/mol. The molecule has 2 aliphatic carbocycles. The molecule has 4 aliphatic rings. The number of carbonyl (C=O) groups excluding carboxylic acids is 2. The van der Waals surface area contributed by atoms with Gasteiger partial charge in [-0.1, -0.05) is 140 Å². The highest BCUT2D eigenvalue weighted by Gasteiger charge is 2.45. The maximum Gasteiger partial charge on any atom is 0.326 e. The fourth-order valence-corrected chi connectivity index (χ4v) is 11.2. The van der Waals surface area contributed by atoms with Crippen molar-refractivity contribution < 1.29 is 57.1 Å². The lowest BCUT2D eigenvalue weighted by Gasteiger charge is -2.38. The zero-order chi connectivity index (χ0) is 51.3. The van der Waals surface area contributed by atoms with Crippen LogP contribution in [0.2, 0.25) is 0 Å². The van der Waals surface area contributed by atoms with E-state index in [1.165, 1.54) is 15.9 Å². The summed E-state index contributed by atoms with van der Waals surface area (Å²) in [5, 5.41) is 21.4. The number of fused-ring (bicyclic) bond motifs is 2. The minimum atomic E-state index is -1.37. The number of carboxylic acid groups (broad SMARTS) is 2. The molecule has 2 heterocycles. The standard InChI is InChI=1S/C60H58F2N2O10/c61-49-28-26-42-33-63(50(59(67)68)30-46(42)56(49)72-36-38-17-7-2-8-18-38)57(65)55(40-21-11-4-12-22-40)74-44-27-25-41(29-44)45-32-52(71-35-37-15-5-1-6-16-37)47-31-51(60(69)70)64(34-48(47)53(45)62)58(66)54(39-19-9-3-10-20-39)73-43-23-13-14-24-43/h1-12,15-22,26,28,32,41,43-44,50-51,54-55H,13-14,23-25,27,29-31,33-36H2,(H,67,68)(H,69,70)/t41?,44?,50-,51+,54+,55+/m1/s1. The largest absolute Gasteiger partial charge is 0.489 e. The third-order valence-electron chi connectivity index (χ3n) is 15.0. The Balaban J connectivity index is 0.937. The van der Waals surface area contributed by atoms with E-state index >= 15 is 8.78 Å². The summed E-state index contributed by atoms with van der Waals surface area (Å²) in [6.07, 6.45) is 1.12. The molecule has 2 unspecified atom stereocenters. The number of benzene rings is 6. The van der Waals surface area contributed by atoms with Crippen LogP contribution >= 0.6 is 0 Å². The number of amides is 2. The van der Waals surface area contributed by atoms with Gasteiger partial charge in [0.05, 0.1) is 12.2 Å². The van der Waals surface area contributed by atoms with Crippen LogP contribution in [0.3, 0.4) is 0 Å². The van der Waals surface area contributed by atoms with Gasteiger partial charge in [0.2, 0.25) is 0 Å². The van der Waals surface area contributed by atoms with Crippen LogP contribution in [0.4, 0.5) is 8.78 Å². The van der Waals surface area contributed by atoms with Gasteiger partial charge in [0.15, 0.2) is 23.8 Å². The van der Waals surface area contributed by atoms with E-state index in [0.29, 0.717) is 52.0 Å². The Morgan fingerprint density at radius 3 is 1.65 bits per heavy atom. The molecule has 12 nitrogen and oxygen atoms in total. The number of halogens is 2. The van der Waals surface area contributed by atoms with Crippen LogP contribution in [0, 0.1) is 11.6 Å². The molecule has 10 rings (SSSR count). The minimum Gasteiger partial charge on any atom is -0.489 e. The molecule has 2 N–H and O–H groups in total. The molecule has 2 fully saturated rings. The lowest BCUT2D eigenvalue weighted by atomic mass is 9.86. The Morgan fingerprint density at radius 2 is 1.08 bits per heavy atom. The van der Waals surface area contributed by atoms with E-state index in [9.17, 15) is 29.4 Å². The fraction of sp³-hybridized carbons (Fsp3) is 0.333. The Labute approximate surface area is 428 Å². The van der Waals surface area contributed by atoms with Crippen molar-refractivity contribution in [2.45, 2.75) is 127 Å². The molecule has 2 amide bonds. The van der Waals surface area contributed by atoms with Gasteiger partial charge in [0, 0.05) is 42.6 Å². The first-order valence-electron chi connectivity index (χ1n) is 25.5. The molecule has 0 saturated heterocycles. The van der Waals surface area contributed by atoms with Gasteiger partial charge in [-0.15, -0.1) is 0 Å². The van der Waals surface area contributed by atoms with Crippen molar-refractivity contribution in [3.8, 4) is 11.5 Å². The molecule has 6 atom stereocenters. The van der Waals surface area contributed by atoms with Crippen molar-refractivity contribution in [2.75, 3.05) is 0 Å². The molecule has 382 valence electrons. The number of aliphatic carboxylic acids is 2. The summed E-state index contributed by atoms with van der Waals surface area (Å²) in [4.78, 5) is 58.4. The summed E-state index contributed by atoms with van der Waals surface area (Å²) in [7, 11) is 0. The van der Waals surface area contributed by atoms with E-state index < -0.39 is 71.7 Å². The highest BCUT2D eigenvalue weighted by atomic mass is 19.1. The Kier molecular flexibility index (Phi) is 15.2. The number of rotatable bonds is 17. The van der Waals surface area contributed by atoms with Crippen LogP contribution < -0.4 is 9.47 Å². The third-order valence-corrected chi connectivity index (χ3v) is 15.0. The highest BCUT2D eigenvalue weighted by Crippen LogP contribution is 2.45. The van der Waals surface area contributed by atoms with Gasteiger partial charge < -0.3 is 39.0 Å². The van der Waals surface area contributed by atoms with Gasteiger partial charge >= 0.3 is 11.9 Å². The summed E-state index contributed by atoms with van der Waals surface area (Å²) in [5.74, 6) is -5.03. The number of carboxylic acids is 2. The molecule has 2 saturated carbocycles. The van der Waals surface area contributed by atoms with Gasteiger partial charge in [-0.25, -0.2) is 18.4 Å². The topological polar surface area (TPSA) is 152 Å². The molecule has 0 spiro atoms. The second-order valence-electron chi connectivity index (χ2n) is 19.7. The van der Waals surface area contributed by atoms with Crippen LogP contribution in [-0.4, -0.2) is 68.1 Å². The van der Waals surface area contributed by atoms with E-state index in [-0.39, 0.29) is 63.0 Å². The SMILES string of the molecule is O=C(O)[C@H]1Cc2c(ccc(F)c2OCc2ccccc2)CN1C(=O)[C@@H](OC1CCC(c2cc(OCc3ccccc3)c3c(c2F)CN(C(=O)[C@@H](OC2CCCC2)c2ccccc2)[C@H](C(=O)O)C3)C1)c1ccccc1. The molecule has 74 heavy (non-hydrogen) atoms. The van der Waals surface area contributed by atoms with E-state index in [2.05, 4.69) is 0 Å². The van der Waals surface area contributed by atoms with Crippen molar-refractivity contribution in [3.63, 3.8) is 0 Å². The second kappa shape index (κ2) is 22.4. The average Bonchev–Trinajstić information content (AvgIpc) is 4.15. The van der Waals surface area contributed by atoms with Gasteiger partial charge in [-0.05, 0) is 83.5 Å². The zero-order valence-electron chi connectivity index (χ0n) is 40.8. The molecule has 0 bridgehead atoms. The van der Waals surface area contributed by atoms with Crippen LogP contribution in [0.15, 0.2) is 140 Å². The Hall–Kier alpha value is -7.42. The first-order chi connectivity index (χ1) is 36.0. The van der Waals surface area contributed by atoms with Gasteiger partial charge in [-0.2, -0.15) is 0 Å². The quantitative estimate of drug-likeness (QED) is 0.0903. The van der Waals surface area contributed by atoms with Crippen molar-refractivity contribution >= 4 is 23.8 Å². The second-order valence-corrected chi connectivity index (χ2v) is 19.7. The fourth-order valence-electron chi connectivity index (χ4n) is 11.2. The number of hydrogen-bond acceptors (Lipinski definition) is 8. The van der Waals surface area contributed by atoms with E-state index in [1.807, 2.05) is 66.7 Å². The minimum absolute atomic E-state index is 0.0497. The maximum absolute atomic E-state index is 17.7. The summed E-state index contributed by atoms with van der Waals surface area (Å²) >= 11 is 0. The molecule has 6 aromatic rings. The van der Waals surface area contributed by atoms with Gasteiger partial charge in [-0.3, -0.25) is 9.59 Å². The molecule has 14 heteroatoms. The van der Waals surface area contributed by atoms with Crippen LogP contribution in [0.5, 0.6) is 11.5 Å². The Morgan fingerprint density at radius 1 is 0.568 bits per heavy atom. The van der Waals surface area contributed by atoms with Crippen molar-refractivity contribution in [2.24, 2.45) is 0 Å². The number of ether oxygens (including phenoxy) is 4. The summed E-state index contributed by atoms with van der Waals surface area (Å²) in [5.41, 5.74) is 4.54. The molecular weight excluding hydrogens is 947 g/mol. The highest BCUT2D eigenvalue weighted by molar-refractivity contribution is 5.89. The van der Waals surface area contributed by atoms with Crippen molar-refractivity contribution in [3.05, 3.63) is 201 Å². The van der Waals surface area contributed by atoms with Crippen LogP contribution in [0.1, 0.15) is 113 Å². The Bertz CT molecular complexity index is 2980. The first-order valence-corrected chi connectivity index (χ1v) is 25.5. The van der Waals surface area contributed by atoms with E-state index in [0.717, 1.165) is 36.8 Å². The lowest BCUT2D eigenvalue weighted by molar-refractivity contribution is -0.160. The lowest BCUT2D eigenvalue weighted by Crippen LogP contribution is -2.51. The van der Waals surface area contributed by atoms with E-state index in [4.69, 9.17) is 18.9 Å². The number of nitrogens with zero attached hydrogens (tertiary/aromatic N) is 2. The van der Waals surface area contributed by atoms with E-state index in [1.54, 1.807) is 66.7 Å². The first kappa shape index (κ1) is 50.1. The van der Waals surface area contributed by atoms with Crippen molar-refractivity contribution in [1.29, 1.82) is 0 Å². The number of hydrogen-bond donors (Lipinski definition) is 2. The molecular formula is C60H58F2N2O10. The third kappa shape index (κ3) is 10.8. The smallest absolute Gasteiger partial charge is 0.326 e. The van der Waals surface area contributed by atoms with Crippen molar-refractivity contribution in [1.82, 2.24) is 9.80 Å². The summed E-state index contributed by atoms with van der Waals surface area (Å²) in [6.45, 7) is -0.290. The summed E-state index contributed by atoms with van der Waals surface area (Å²) in [6, 6.07) is 38.2. The van der Waals surface area contributed by atoms with Crippen LogP contribution in [-0.2, 0) is 67.8 Å². The summed E-state index contributed by atoms with van der Waals surface area (Å²) < 4.78 is 58.8.